The Morgan fingerprint density at radius 2 is 2.00 bits per heavy atom. The summed E-state index contributed by atoms with van der Waals surface area (Å²) in [7, 11) is 1.58. The third kappa shape index (κ3) is 5.06. The number of likely N-dealkylation sites (tertiary alicyclic amines) is 1. The predicted molar refractivity (Wildman–Crippen MR) is 94.6 cm³/mol. The molecule has 1 amide bonds. The van der Waals surface area contributed by atoms with E-state index in [0.717, 1.165) is 31.6 Å². The van der Waals surface area contributed by atoms with Crippen molar-refractivity contribution < 1.29 is 14.3 Å². The summed E-state index contributed by atoms with van der Waals surface area (Å²) in [6.45, 7) is 6.78. The van der Waals surface area contributed by atoms with E-state index in [0.29, 0.717) is 11.3 Å². The molecular weight excluding hydrogens is 304 g/mol. The highest BCUT2D eigenvalue weighted by atomic mass is 16.5. The fourth-order valence-electron chi connectivity index (χ4n) is 3.14. The average molecular weight is 332 g/mol. The van der Waals surface area contributed by atoms with Gasteiger partial charge in [-0.25, -0.2) is 0 Å². The second kappa shape index (κ2) is 8.83. The number of ketones is 1. The van der Waals surface area contributed by atoms with E-state index in [1.165, 1.54) is 19.8 Å². The van der Waals surface area contributed by atoms with Crippen molar-refractivity contribution in [1.82, 2.24) is 10.2 Å². The van der Waals surface area contributed by atoms with Gasteiger partial charge in [-0.05, 0) is 57.5 Å². The van der Waals surface area contributed by atoms with E-state index >= 15 is 0 Å². The molecule has 1 unspecified atom stereocenters. The van der Waals surface area contributed by atoms with Crippen LogP contribution in [0.5, 0.6) is 5.75 Å². The lowest BCUT2D eigenvalue weighted by Crippen LogP contribution is -2.43. The first-order valence-electron chi connectivity index (χ1n) is 8.73. The minimum atomic E-state index is -0.0277. The highest BCUT2D eigenvalue weighted by Crippen LogP contribution is 2.21. The summed E-state index contributed by atoms with van der Waals surface area (Å²) in [5.41, 5.74) is 1.35. The summed E-state index contributed by atoms with van der Waals surface area (Å²) in [4.78, 5) is 26.4. The van der Waals surface area contributed by atoms with E-state index in [-0.39, 0.29) is 24.2 Å². The largest absolute Gasteiger partial charge is 0.496 e. The van der Waals surface area contributed by atoms with Gasteiger partial charge in [0.2, 0.25) is 5.91 Å². The fourth-order valence-corrected chi connectivity index (χ4v) is 3.14. The number of methoxy groups -OCH3 is 1. The first kappa shape index (κ1) is 18.5. The van der Waals surface area contributed by atoms with Gasteiger partial charge in [-0.1, -0.05) is 6.92 Å². The molecule has 0 spiro atoms. The SMILES string of the molecule is CCC(CN1CCCC1)NC(=O)Cc1cc(C(C)=O)ccc1OC. The average Bonchev–Trinajstić information content (AvgIpc) is 3.07. The normalized spacial score (nSPS) is 16.0. The number of carbonyl (C=O) groups excluding carboxylic acids is 2. The van der Waals surface area contributed by atoms with Gasteiger partial charge in [0.1, 0.15) is 5.75 Å². The lowest BCUT2D eigenvalue weighted by atomic mass is 10.0. The number of Topliss-reactive ketones (excluding diaryl/α,β-unsaturated/α-hetero) is 1. The van der Waals surface area contributed by atoms with E-state index in [2.05, 4.69) is 17.1 Å². The van der Waals surface area contributed by atoms with Gasteiger partial charge in [0.25, 0.3) is 0 Å². The monoisotopic (exact) mass is 332 g/mol. The number of nitrogens with one attached hydrogen (secondary N) is 1. The van der Waals surface area contributed by atoms with Gasteiger partial charge in [0.15, 0.2) is 5.78 Å². The molecule has 5 nitrogen and oxygen atoms in total. The molecule has 1 aliphatic heterocycles. The molecule has 0 bridgehead atoms. The maximum Gasteiger partial charge on any atom is 0.224 e. The highest BCUT2D eigenvalue weighted by molar-refractivity contribution is 5.94. The summed E-state index contributed by atoms with van der Waals surface area (Å²) in [6.07, 6.45) is 3.63. The first-order chi connectivity index (χ1) is 11.5. The Kier molecular flexibility index (Phi) is 6.79. The molecule has 1 saturated heterocycles. The first-order valence-corrected chi connectivity index (χ1v) is 8.73. The Labute approximate surface area is 144 Å². The molecule has 0 saturated carbocycles. The summed E-state index contributed by atoms with van der Waals surface area (Å²) in [6, 6.07) is 5.39. The van der Waals surface area contributed by atoms with Crippen molar-refractivity contribution in [2.75, 3.05) is 26.7 Å². The van der Waals surface area contributed by atoms with Crippen LogP contribution in [0.2, 0.25) is 0 Å². The quantitative estimate of drug-likeness (QED) is 0.743. The molecule has 1 N–H and O–H groups in total. The highest BCUT2D eigenvalue weighted by Gasteiger charge is 2.19. The predicted octanol–water partition coefficient (Wildman–Crippen LogP) is 2.43. The third-order valence-corrected chi connectivity index (χ3v) is 4.57. The molecular formula is C19H28N2O3. The van der Waals surface area contributed by atoms with Crippen molar-refractivity contribution in [2.45, 2.75) is 45.6 Å². The summed E-state index contributed by atoms with van der Waals surface area (Å²) in [5, 5.41) is 3.12. The zero-order valence-corrected chi connectivity index (χ0v) is 14.9. The number of hydrogen-bond donors (Lipinski definition) is 1. The maximum absolute atomic E-state index is 12.4. The lowest BCUT2D eigenvalue weighted by Gasteiger charge is -2.23. The smallest absolute Gasteiger partial charge is 0.224 e. The summed E-state index contributed by atoms with van der Waals surface area (Å²) in [5.74, 6) is 0.600. The maximum atomic E-state index is 12.4. The second-order valence-corrected chi connectivity index (χ2v) is 6.44. The van der Waals surface area contributed by atoms with Crippen LogP contribution in [-0.4, -0.2) is 49.4 Å². The van der Waals surface area contributed by atoms with Crippen LogP contribution in [0.3, 0.4) is 0 Å². The molecule has 0 aromatic heterocycles. The number of amides is 1. The number of benzene rings is 1. The minimum Gasteiger partial charge on any atom is -0.496 e. The van der Waals surface area contributed by atoms with E-state index in [1.807, 2.05) is 0 Å². The molecule has 0 aliphatic carbocycles. The van der Waals surface area contributed by atoms with Crippen molar-refractivity contribution in [3.8, 4) is 5.75 Å². The van der Waals surface area contributed by atoms with Crippen molar-refractivity contribution in [2.24, 2.45) is 0 Å². The Morgan fingerprint density at radius 3 is 2.58 bits per heavy atom. The van der Waals surface area contributed by atoms with Crippen LogP contribution in [0, 0.1) is 0 Å². The van der Waals surface area contributed by atoms with Crippen molar-refractivity contribution in [3.63, 3.8) is 0 Å². The zero-order valence-electron chi connectivity index (χ0n) is 14.9. The van der Waals surface area contributed by atoms with Crippen LogP contribution < -0.4 is 10.1 Å². The Balaban J connectivity index is 1.99. The van der Waals surface area contributed by atoms with Gasteiger partial charge in [-0.3, -0.25) is 9.59 Å². The van der Waals surface area contributed by atoms with Gasteiger partial charge in [-0.15, -0.1) is 0 Å². The van der Waals surface area contributed by atoms with E-state index in [4.69, 9.17) is 4.74 Å². The number of nitrogens with zero attached hydrogens (tertiary/aromatic N) is 1. The standard InChI is InChI=1S/C19H28N2O3/c1-4-17(13-21-9-5-6-10-21)20-19(23)12-16-11-15(14(2)22)7-8-18(16)24-3/h7-8,11,17H,4-6,9-10,12-13H2,1-3H3,(H,20,23). The Bertz CT molecular complexity index is 580. The molecule has 1 aromatic rings. The lowest BCUT2D eigenvalue weighted by molar-refractivity contribution is -0.121. The summed E-state index contributed by atoms with van der Waals surface area (Å²) < 4.78 is 5.32. The Hall–Kier alpha value is -1.88. The molecule has 0 radical (unpaired) electrons. The van der Waals surface area contributed by atoms with Crippen molar-refractivity contribution in [3.05, 3.63) is 29.3 Å². The van der Waals surface area contributed by atoms with E-state index < -0.39 is 0 Å². The zero-order chi connectivity index (χ0) is 17.5. The second-order valence-electron chi connectivity index (χ2n) is 6.44. The van der Waals surface area contributed by atoms with Crippen LogP contribution in [-0.2, 0) is 11.2 Å². The number of rotatable bonds is 8. The molecule has 1 fully saturated rings. The molecule has 1 heterocycles. The molecule has 132 valence electrons. The number of hydrogen-bond acceptors (Lipinski definition) is 4. The topological polar surface area (TPSA) is 58.6 Å². The van der Waals surface area contributed by atoms with Crippen molar-refractivity contribution in [1.29, 1.82) is 0 Å². The van der Waals surface area contributed by atoms with Crippen LogP contribution >= 0.6 is 0 Å². The third-order valence-electron chi connectivity index (χ3n) is 4.57. The molecule has 1 aromatic carbocycles. The molecule has 2 rings (SSSR count). The van der Waals surface area contributed by atoms with Gasteiger partial charge in [-0.2, -0.15) is 0 Å². The molecule has 5 heteroatoms. The van der Waals surface area contributed by atoms with Crippen LogP contribution in [0.15, 0.2) is 18.2 Å². The molecule has 24 heavy (non-hydrogen) atoms. The van der Waals surface area contributed by atoms with Crippen molar-refractivity contribution >= 4 is 11.7 Å². The van der Waals surface area contributed by atoms with Gasteiger partial charge >= 0.3 is 0 Å². The van der Waals surface area contributed by atoms with Gasteiger partial charge < -0.3 is 15.0 Å². The fraction of sp³-hybridized carbons (Fsp3) is 0.579. The van der Waals surface area contributed by atoms with Gasteiger partial charge in [0, 0.05) is 23.7 Å². The van der Waals surface area contributed by atoms with Gasteiger partial charge in [0.05, 0.1) is 13.5 Å². The number of carbonyl (C=O) groups is 2. The molecule has 1 aliphatic rings. The Morgan fingerprint density at radius 1 is 1.29 bits per heavy atom. The number of ether oxygens (including phenoxy) is 1. The van der Waals surface area contributed by atoms with E-state index in [1.54, 1.807) is 25.3 Å². The molecule has 1 atom stereocenters. The minimum absolute atomic E-state index is 0.0141. The van der Waals surface area contributed by atoms with Crippen LogP contribution in [0.25, 0.3) is 0 Å². The van der Waals surface area contributed by atoms with Crippen LogP contribution in [0.4, 0.5) is 0 Å². The van der Waals surface area contributed by atoms with Crippen LogP contribution in [0.1, 0.15) is 49.0 Å². The summed E-state index contributed by atoms with van der Waals surface area (Å²) >= 11 is 0. The van der Waals surface area contributed by atoms with E-state index in [9.17, 15) is 9.59 Å².